The first-order valence-electron chi connectivity index (χ1n) is 14.0. The highest BCUT2D eigenvalue weighted by atomic mass is 16.3. The molecular weight excluding hydrogens is 518 g/mol. The summed E-state index contributed by atoms with van der Waals surface area (Å²) in [6.07, 6.45) is 5.84. The minimum absolute atomic E-state index is 0.0647. The molecule has 4 heterocycles. The summed E-state index contributed by atoms with van der Waals surface area (Å²) in [5.41, 5.74) is 4.06. The van der Waals surface area contributed by atoms with E-state index in [2.05, 4.69) is 16.0 Å². The van der Waals surface area contributed by atoms with E-state index in [0.29, 0.717) is 37.1 Å². The van der Waals surface area contributed by atoms with Crippen LogP contribution in [-0.4, -0.2) is 52.9 Å². The van der Waals surface area contributed by atoms with Gasteiger partial charge in [-0.1, -0.05) is 12.1 Å². The van der Waals surface area contributed by atoms with E-state index in [1.165, 1.54) is 6.26 Å². The second kappa shape index (κ2) is 11.3. The Kier molecular flexibility index (Phi) is 7.82. The van der Waals surface area contributed by atoms with Gasteiger partial charge in [-0.25, -0.2) is 0 Å². The van der Waals surface area contributed by atoms with Gasteiger partial charge in [0.25, 0.3) is 5.56 Å². The lowest BCUT2D eigenvalue weighted by molar-refractivity contribution is -0.137. The minimum Gasteiger partial charge on any atom is -0.464 e. The maximum absolute atomic E-state index is 13.3. The number of anilines is 2. The van der Waals surface area contributed by atoms with Crippen LogP contribution < -0.4 is 15.4 Å². The van der Waals surface area contributed by atoms with Crippen LogP contribution in [0.5, 0.6) is 0 Å². The fourth-order valence-corrected chi connectivity index (χ4v) is 5.52. The molecule has 41 heavy (non-hydrogen) atoms. The highest BCUT2D eigenvalue weighted by molar-refractivity contribution is 6.19. The number of aryl methyl sites for hydroxylation is 1. The zero-order valence-corrected chi connectivity index (χ0v) is 24.4. The normalized spacial score (nSPS) is 15.1. The van der Waals surface area contributed by atoms with Gasteiger partial charge in [-0.2, -0.15) is 0 Å². The number of amides is 2. The van der Waals surface area contributed by atoms with Crippen LogP contribution in [-0.2, 0) is 29.1 Å². The average molecular weight is 556 g/mol. The number of fused-ring (bicyclic) bond motifs is 2. The maximum Gasteiger partial charge on any atom is 0.261 e. The monoisotopic (exact) mass is 555 g/mol. The molecule has 9 nitrogen and oxygen atoms in total. The lowest BCUT2D eigenvalue weighted by Gasteiger charge is -2.27. The molecule has 0 fully saturated rings. The molecule has 214 valence electrons. The number of hydrogen-bond donors (Lipinski definition) is 0. The molecule has 1 aliphatic rings. The molecule has 0 radical (unpaired) electrons. The molecule has 0 saturated heterocycles. The molecule has 3 aromatic heterocycles. The molecule has 0 atom stereocenters. The van der Waals surface area contributed by atoms with Crippen LogP contribution in [0.15, 0.2) is 70.3 Å². The molecule has 2 amide bonds. The fraction of sp³-hybridized carbons (Fsp3) is 0.375. The van der Waals surface area contributed by atoms with Gasteiger partial charge in [-0.3, -0.25) is 24.3 Å². The smallest absolute Gasteiger partial charge is 0.261 e. The zero-order chi connectivity index (χ0) is 29.3. The Morgan fingerprint density at radius 1 is 1.00 bits per heavy atom. The van der Waals surface area contributed by atoms with Crippen LogP contribution in [0, 0.1) is 12.3 Å². The van der Waals surface area contributed by atoms with Gasteiger partial charge in [-0.05, 0) is 75.6 Å². The van der Waals surface area contributed by atoms with Crippen LogP contribution in [0.25, 0.3) is 11.0 Å². The van der Waals surface area contributed by atoms with E-state index in [9.17, 15) is 14.4 Å². The van der Waals surface area contributed by atoms with Gasteiger partial charge in [-0.15, -0.1) is 0 Å². The second-order valence-corrected chi connectivity index (χ2v) is 11.1. The van der Waals surface area contributed by atoms with Crippen molar-refractivity contribution < 1.29 is 14.0 Å². The van der Waals surface area contributed by atoms with E-state index in [0.717, 1.165) is 41.2 Å². The average Bonchev–Trinajstić information content (AvgIpc) is 3.44. The molecule has 1 aromatic carbocycles. The summed E-state index contributed by atoms with van der Waals surface area (Å²) in [7, 11) is 1.74. The number of hydrogen-bond acceptors (Lipinski definition) is 6. The number of benzene rings is 1. The first-order chi connectivity index (χ1) is 19.6. The molecule has 9 heteroatoms. The molecule has 0 spiro atoms. The van der Waals surface area contributed by atoms with Crippen LogP contribution in [0.1, 0.15) is 37.6 Å². The summed E-state index contributed by atoms with van der Waals surface area (Å²) in [6.45, 7) is 10.4. The summed E-state index contributed by atoms with van der Waals surface area (Å²) in [4.78, 5) is 49.5. The van der Waals surface area contributed by atoms with Crippen LogP contribution in [0.2, 0.25) is 0 Å². The Morgan fingerprint density at radius 2 is 1.80 bits per heavy atom. The summed E-state index contributed by atoms with van der Waals surface area (Å²) in [5.74, 6) is -0.407. The van der Waals surface area contributed by atoms with Gasteiger partial charge in [0.1, 0.15) is 11.0 Å². The van der Waals surface area contributed by atoms with Crippen molar-refractivity contribution in [2.45, 2.75) is 47.2 Å². The van der Waals surface area contributed by atoms with Crippen LogP contribution in [0.3, 0.4) is 0 Å². The van der Waals surface area contributed by atoms with Crippen molar-refractivity contribution in [2.75, 3.05) is 36.5 Å². The molecule has 1 aliphatic heterocycles. The SMILES string of the molecule is CCN1C(=O)C(C)(C)C(=O)N(C)c2cc(CCN(CCn3ccc4occc4c3=O)Cc3cccnc3C)ccc21. The van der Waals surface area contributed by atoms with E-state index in [1.54, 1.807) is 53.7 Å². The third kappa shape index (κ3) is 5.41. The summed E-state index contributed by atoms with van der Waals surface area (Å²) in [5, 5.41) is 0.577. The first kappa shape index (κ1) is 28.3. The van der Waals surface area contributed by atoms with Gasteiger partial charge < -0.3 is 18.8 Å². The third-order valence-corrected chi connectivity index (χ3v) is 8.10. The number of carbonyl (C=O) groups excluding carboxylic acids is 2. The molecule has 0 saturated carbocycles. The van der Waals surface area contributed by atoms with Gasteiger partial charge in [0.15, 0.2) is 0 Å². The second-order valence-electron chi connectivity index (χ2n) is 11.1. The standard InChI is InChI=1S/C32H37N5O4/c1-6-37-26-10-9-23(20-27(26)34(5)30(39)32(3,4)31(37)40)11-15-35(21-24-8-7-14-33-22(24)2)17-18-36-16-12-28-25(29(36)38)13-19-41-28/h7-10,12-14,16,19-20H,6,11,15,17-18,21H2,1-5H3. The van der Waals surface area contributed by atoms with E-state index >= 15 is 0 Å². The highest BCUT2D eigenvalue weighted by Gasteiger charge is 2.45. The van der Waals surface area contributed by atoms with E-state index < -0.39 is 5.41 Å². The number of nitrogens with zero attached hydrogens (tertiary/aromatic N) is 5. The number of rotatable bonds is 9. The van der Waals surface area contributed by atoms with Gasteiger partial charge >= 0.3 is 0 Å². The lowest BCUT2D eigenvalue weighted by atomic mass is 9.90. The Bertz CT molecular complexity index is 1650. The number of furan rings is 1. The number of pyridine rings is 2. The summed E-state index contributed by atoms with van der Waals surface area (Å²) < 4.78 is 7.10. The molecule has 0 N–H and O–H groups in total. The molecule has 0 aliphatic carbocycles. The summed E-state index contributed by atoms with van der Waals surface area (Å²) in [6, 6.07) is 13.6. The van der Waals surface area contributed by atoms with E-state index in [1.807, 2.05) is 44.2 Å². The summed E-state index contributed by atoms with van der Waals surface area (Å²) >= 11 is 0. The topological polar surface area (TPSA) is 91.9 Å². The van der Waals surface area contributed by atoms with Crippen molar-refractivity contribution in [2.24, 2.45) is 5.41 Å². The molecular formula is C32H37N5O4. The maximum atomic E-state index is 13.3. The van der Waals surface area contributed by atoms with Crippen LogP contribution in [0.4, 0.5) is 11.4 Å². The minimum atomic E-state index is -1.14. The fourth-order valence-electron chi connectivity index (χ4n) is 5.52. The van der Waals surface area contributed by atoms with Crippen molar-refractivity contribution >= 4 is 34.2 Å². The largest absolute Gasteiger partial charge is 0.464 e. The quantitative estimate of drug-likeness (QED) is 0.285. The van der Waals surface area contributed by atoms with Gasteiger partial charge in [0.05, 0.1) is 23.0 Å². The number of aromatic nitrogens is 2. The third-order valence-electron chi connectivity index (χ3n) is 8.10. The Labute approximate surface area is 240 Å². The predicted octanol–water partition coefficient (Wildman–Crippen LogP) is 4.40. The van der Waals surface area contributed by atoms with Gasteiger partial charge in [0, 0.05) is 57.9 Å². The predicted molar refractivity (Wildman–Crippen MR) is 160 cm³/mol. The molecule has 4 aromatic rings. The van der Waals surface area contributed by atoms with E-state index in [-0.39, 0.29) is 17.4 Å². The zero-order valence-electron chi connectivity index (χ0n) is 24.4. The van der Waals surface area contributed by atoms with Crippen molar-refractivity contribution in [1.29, 1.82) is 0 Å². The molecule has 0 unspecified atom stereocenters. The van der Waals surface area contributed by atoms with Gasteiger partial charge in [0.2, 0.25) is 11.8 Å². The molecule has 0 bridgehead atoms. The Balaban J connectivity index is 1.39. The Morgan fingerprint density at radius 3 is 2.56 bits per heavy atom. The molecule has 5 rings (SSSR count). The lowest BCUT2D eigenvalue weighted by Crippen LogP contribution is -2.47. The number of carbonyl (C=O) groups is 2. The Hall–Kier alpha value is -4.24. The van der Waals surface area contributed by atoms with E-state index in [4.69, 9.17) is 4.42 Å². The van der Waals surface area contributed by atoms with Crippen molar-refractivity contribution in [3.63, 3.8) is 0 Å². The van der Waals surface area contributed by atoms with Crippen LogP contribution >= 0.6 is 0 Å². The van der Waals surface area contributed by atoms with Crippen molar-refractivity contribution in [1.82, 2.24) is 14.5 Å². The highest BCUT2D eigenvalue weighted by Crippen LogP contribution is 2.38. The van der Waals surface area contributed by atoms with Crippen molar-refractivity contribution in [3.05, 3.63) is 88.3 Å². The van der Waals surface area contributed by atoms with Crippen molar-refractivity contribution in [3.8, 4) is 0 Å². The first-order valence-corrected chi connectivity index (χ1v) is 14.0.